The van der Waals surface area contributed by atoms with Crippen LogP contribution in [0, 0.1) is 23.2 Å². The lowest BCUT2D eigenvalue weighted by molar-refractivity contribution is -0.159. The Labute approximate surface area is 178 Å². The second-order valence-corrected chi connectivity index (χ2v) is 10.7. The fourth-order valence-electron chi connectivity index (χ4n) is 5.71. The molecule has 0 aromatic heterocycles. The Morgan fingerprint density at radius 3 is 1.90 bits per heavy atom. The van der Waals surface area contributed by atoms with E-state index in [9.17, 15) is 19.2 Å². The molecule has 4 bridgehead atoms. The summed E-state index contributed by atoms with van der Waals surface area (Å²) in [5.74, 6) is 0.427. The SMILES string of the molecule is C[C@H](NC(=O)C12CC3CC(CC(C3)C1)C2)C(=O)O[C@H](C)C(=O)NC(=O)NC(C)(C)C. The van der Waals surface area contributed by atoms with Crippen LogP contribution in [0.2, 0.25) is 0 Å². The molecular weight excluding hydrogens is 386 g/mol. The molecule has 0 aromatic rings. The number of ether oxygens (including phenoxy) is 1. The molecule has 30 heavy (non-hydrogen) atoms. The lowest BCUT2D eigenvalue weighted by Crippen LogP contribution is -2.56. The topological polar surface area (TPSA) is 114 Å². The van der Waals surface area contributed by atoms with Crippen LogP contribution in [0.15, 0.2) is 0 Å². The second-order valence-electron chi connectivity index (χ2n) is 10.7. The van der Waals surface area contributed by atoms with Gasteiger partial charge in [0.25, 0.3) is 5.91 Å². The molecule has 4 rings (SSSR count). The van der Waals surface area contributed by atoms with Crippen LogP contribution in [0.4, 0.5) is 4.79 Å². The Hall–Kier alpha value is -2.12. The Morgan fingerprint density at radius 2 is 1.43 bits per heavy atom. The van der Waals surface area contributed by atoms with Crippen LogP contribution in [0.25, 0.3) is 0 Å². The van der Waals surface area contributed by atoms with E-state index in [-0.39, 0.29) is 11.3 Å². The van der Waals surface area contributed by atoms with Crippen molar-refractivity contribution in [1.29, 1.82) is 0 Å². The van der Waals surface area contributed by atoms with E-state index in [2.05, 4.69) is 16.0 Å². The van der Waals surface area contributed by atoms with Gasteiger partial charge in [0.1, 0.15) is 6.04 Å². The molecule has 4 aliphatic carbocycles. The van der Waals surface area contributed by atoms with Gasteiger partial charge in [0.05, 0.1) is 0 Å². The maximum absolute atomic E-state index is 13.1. The quantitative estimate of drug-likeness (QED) is 0.589. The number of hydrogen-bond donors (Lipinski definition) is 3. The molecule has 0 spiro atoms. The van der Waals surface area contributed by atoms with Crippen molar-refractivity contribution in [3.8, 4) is 0 Å². The molecule has 0 unspecified atom stereocenters. The summed E-state index contributed by atoms with van der Waals surface area (Å²) in [5, 5.41) is 7.59. The minimum Gasteiger partial charge on any atom is -0.451 e. The van der Waals surface area contributed by atoms with Crippen molar-refractivity contribution in [2.75, 3.05) is 0 Å². The smallest absolute Gasteiger partial charge is 0.329 e. The standard InChI is InChI=1S/C22H35N3O5/c1-12(18(27)30-13(2)17(26)24-20(29)25-21(3,4)5)23-19(28)22-9-14-6-15(10-22)8-16(7-14)11-22/h12-16H,6-11H2,1-5H3,(H,23,28)(H2,24,25,26,29)/t12-,13+,14?,15?,16?,22?/m0/s1. The van der Waals surface area contributed by atoms with Gasteiger partial charge in [0.15, 0.2) is 6.10 Å². The third kappa shape index (κ3) is 5.13. The highest BCUT2D eigenvalue weighted by atomic mass is 16.5. The molecule has 2 atom stereocenters. The molecule has 0 aromatic carbocycles. The summed E-state index contributed by atoms with van der Waals surface area (Å²) in [4.78, 5) is 49.4. The minimum absolute atomic E-state index is 0.0623. The molecule has 3 N–H and O–H groups in total. The van der Waals surface area contributed by atoms with Crippen molar-refractivity contribution in [3.63, 3.8) is 0 Å². The first kappa shape index (κ1) is 22.6. The van der Waals surface area contributed by atoms with E-state index in [4.69, 9.17) is 4.74 Å². The first-order valence-electron chi connectivity index (χ1n) is 11.0. The predicted octanol–water partition coefficient (Wildman–Crippen LogP) is 2.26. The van der Waals surface area contributed by atoms with Gasteiger partial charge in [-0.05, 0) is 90.9 Å². The lowest BCUT2D eigenvalue weighted by atomic mass is 9.49. The Bertz CT molecular complexity index is 691. The molecule has 0 aliphatic heterocycles. The van der Waals surface area contributed by atoms with Crippen molar-refractivity contribution < 1.29 is 23.9 Å². The van der Waals surface area contributed by atoms with Crippen molar-refractivity contribution in [2.45, 2.75) is 90.8 Å². The van der Waals surface area contributed by atoms with Crippen LogP contribution < -0.4 is 16.0 Å². The summed E-state index contributed by atoms with van der Waals surface area (Å²) in [7, 11) is 0. The van der Waals surface area contributed by atoms with Crippen LogP contribution >= 0.6 is 0 Å². The maximum Gasteiger partial charge on any atom is 0.329 e. The molecular formula is C22H35N3O5. The molecule has 168 valence electrons. The number of carbonyl (C=O) groups is 4. The molecule has 4 saturated carbocycles. The van der Waals surface area contributed by atoms with Gasteiger partial charge >= 0.3 is 12.0 Å². The highest BCUT2D eigenvalue weighted by Crippen LogP contribution is 2.60. The summed E-state index contributed by atoms with van der Waals surface area (Å²) in [6.45, 7) is 8.32. The number of esters is 1. The van der Waals surface area contributed by atoms with E-state index in [1.165, 1.54) is 26.2 Å². The normalized spacial score (nSPS) is 31.4. The average molecular weight is 422 g/mol. The zero-order valence-electron chi connectivity index (χ0n) is 18.7. The molecule has 8 heteroatoms. The van der Waals surface area contributed by atoms with Gasteiger partial charge in [0.2, 0.25) is 5.91 Å². The van der Waals surface area contributed by atoms with Gasteiger partial charge in [-0.2, -0.15) is 0 Å². The van der Waals surface area contributed by atoms with Gasteiger partial charge in [-0.25, -0.2) is 9.59 Å². The third-order valence-electron chi connectivity index (χ3n) is 6.61. The molecule has 0 heterocycles. The van der Waals surface area contributed by atoms with Crippen LogP contribution in [-0.4, -0.2) is 41.5 Å². The highest BCUT2D eigenvalue weighted by molar-refractivity contribution is 5.97. The largest absolute Gasteiger partial charge is 0.451 e. The van der Waals surface area contributed by atoms with Gasteiger partial charge < -0.3 is 15.4 Å². The van der Waals surface area contributed by atoms with Gasteiger partial charge in [-0.15, -0.1) is 0 Å². The Morgan fingerprint density at radius 1 is 0.933 bits per heavy atom. The first-order valence-corrected chi connectivity index (χ1v) is 11.0. The van der Waals surface area contributed by atoms with Gasteiger partial charge in [-0.3, -0.25) is 14.9 Å². The van der Waals surface area contributed by atoms with Crippen molar-refractivity contribution in [1.82, 2.24) is 16.0 Å². The molecule has 0 saturated heterocycles. The predicted molar refractivity (Wildman–Crippen MR) is 110 cm³/mol. The van der Waals surface area contributed by atoms with Crippen molar-refractivity contribution in [2.24, 2.45) is 23.2 Å². The Kier molecular flexibility index (Phi) is 6.16. The lowest BCUT2D eigenvalue weighted by Gasteiger charge is -2.55. The summed E-state index contributed by atoms with van der Waals surface area (Å²) in [6, 6.07) is -1.51. The third-order valence-corrected chi connectivity index (χ3v) is 6.61. The monoisotopic (exact) mass is 421 g/mol. The summed E-state index contributed by atoms with van der Waals surface area (Å²) in [6.07, 6.45) is 5.29. The van der Waals surface area contributed by atoms with E-state index in [0.717, 1.165) is 19.3 Å². The Balaban J connectivity index is 1.49. The zero-order valence-corrected chi connectivity index (χ0v) is 18.7. The fraction of sp³-hybridized carbons (Fsp3) is 0.818. The summed E-state index contributed by atoms with van der Waals surface area (Å²) >= 11 is 0. The van der Waals surface area contributed by atoms with E-state index < -0.39 is 35.6 Å². The van der Waals surface area contributed by atoms with E-state index in [0.29, 0.717) is 17.8 Å². The number of rotatable bonds is 5. The molecule has 4 amide bonds. The van der Waals surface area contributed by atoms with Gasteiger partial charge in [-0.1, -0.05) is 0 Å². The van der Waals surface area contributed by atoms with E-state index >= 15 is 0 Å². The van der Waals surface area contributed by atoms with Gasteiger partial charge in [0, 0.05) is 11.0 Å². The first-order chi connectivity index (χ1) is 13.9. The summed E-state index contributed by atoms with van der Waals surface area (Å²) < 4.78 is 5.18. The fourth-order valence-corrected chi connectivity index (χ4v) is 5.71. The zero-order chi connectivity index (χ0) is 22.3. The van der Waals surface area contributed by atoms with Crippen LogP contribution in [0.1, 0.15) is 73.1 Å². The van der Waals surface area contributed by atoms with Crippen LogP contribution in [-0.2, 0) is 19.1 Å². The van der Waals surface area contributed by atoms with Crippen LogP contribution in [0.5, 0.6) is 0 Å². The molecule has 4 fully saturated rings. The summed E-state index contributed by atoms with van der Waals surface area (Å²) in [5.41, 5.74) is -0.850. The van der Waals surface area contributed by atoms with E-state index in [1.54, 1.807) is 27.7 Å². The molecule has 8 nitrogen and oxygen atoms in total. The number of amides is 4. The molecule has 4 aliphatic rings. The minimum atomic E-state index is -1.15. The number of hydrogen-bond acceptors (Lipinski definition) is 5. The number of urea groups is 1. The van der Waals surface area contributed by atoms with Crippen LogP contribution in [0.3, 0.4) is 0 Å². The number of imide groups is 1. The average Bonchev–Trinajstić information content (AvgIpc) is 2.58. The van der Waals surface area contributed by atoms with Crippen molar-refractivity contribution >= 4 is 23.8 Å². The molecule has 0 radical (unpaired) electrons. The maximum atomic E-state index is 13.1. The van der Waals surface area contributed by atoms with E-state index in [1.807, 2.05) is 0 Å². The number of carbonyl (C=O) groups excluding carboxylic acids is 4. The van der Waals surface area contributed by atoms with Crippen molar-refractivity contribution in [3.05, 3.63) is 0 Å². The second kappa shape index (κ2) is 8.19. The number of nitrogens with one attached hydrogen (secondary N) is 3. The highest BCUT2D eigenvalue weighted by Gasteiger charge is 2.54.